The Morgan fingerprint density at radius 1 is 0.941 bits per heavy atom. The van der Waals surface area contributed by atoms with Crippen LogP contribution in [0.25, 0.3) is 0 Å². The van der Waals surface area contributed by atoms with Crippen molar-refractivity contribution in [3.63, 3.8) is 0 Å². The third-order valence-corrected chi connectivity index (χ3v) is 2.10. The zero-order valence-electron chi connectivity index (χ0n) is 8.88. The lowest BCUT2D eigenvalue weighted by atomic mass is 10.1. The number of amides is 1. The van der Waals surface area contributed by atoms with Gasteiger partial charge in [-0.15, -0.1) is 0 Å². The summed E-state index contributed by atoms with van der Waals surface area (Å²) in [6.07, 6.45) is 0. The van der Waals surface area contributed by atoms with Crippen LogP contribution in [-0.4, -0.2) is 5.91 Å². The molecule has 0 bridgehead atoms. The molecule has 0 spiro atoms. The van der Waals surface area contributed by atoms with E-state index >= 15 is 0 Å². The molecular formula is C10H8F5NO. The van der Waals surface area contributed by atoms with Crippen LogP contribution in [0, 0.1) is 29.1 Å². The van der Waals surface area contributed by atoms with Crippen molar-refractivity contribution in [2.45, 2.75) is 19.9 Å². The summed E-state index contributed by atoms with van der Waals surface area (Å²) in [5.74, 6) is -10.8. The molecule has 94 valence electrons. The molecule has 1 aromatic carbocycles. The molecule has 0 fully saturated rings. The summed E-state index contributed by atoms with van der Waals surface area (Å²) in [7, 11) is 0. The SMILES string of the molecule is CC(=O)NC(C)c1c(F)c(F)c(F)c(F)c1F. The first-order valence-corrected chi connectivity index (χ1v) is 4.55. The van der Waals surface area contributed by atoms with E-state index in [9.17, 15) is 26.7 Å². The van der Waals surface area contributed by atoms with Gasteiger partial charge in [0.05, 0.1) is 11.6 Å². The molecule has 1 unspecified atom stereocenters. The normalized spacial score (nSPS) is 12.4. The van der Waals surface area contributed by atoms with Crippen molar-refractivity contribution < 1.29 is 26.7 Å². The van der Waals surface area contributed by atoms with Gasteiger partial charge >= 0.3 is 0 Å². The quantitative estimate of drug-likeness (QED) is 0.490. The largest absolute Gasteiger partial charge is 0.350 e. The lowest BCUT2D eigenvalue weighted by molar-refractivity contribution is -0.119. The molecule has 0 saturated carbocycles. The Balaban J connectivity index is 3.38. The molecule has 17 heavy (non-hydrogen) atoms. The van der Waals surface area contributed by atoms with Crippen molar-refractivity contribution in [2.75, 3.05) is 0 Å². The maximum absolute atomic E-state index is 13.2. The molecule has 7 heteroatoms. The summed E-state index contributed by atoms with van der Waals surface area (Å²) in [6.45, 7) is 2.17. The second-order valence-electron chi connectivity index (χ2n) is 3.41. The Bertz CT molecular complexity index is 445. The van der Waals surface area contributed by atoms with Gasteiger partial charge in [-0.05, 0) is 6.92 Å². The molecule has 0 heterocycles. The Morgan fingerprint density at radius 2 is 1.29 bits per heavy atom. The molecule has 1 amide bonds. The molecule has 0 aliphatic heterocycles. The van der Waals surface area contributed by atoms with Crippen LogP contribution in [0.15, 0.2) is 0 Å². The smallest absolute Gasteiger partial charge is 0.217 e. The average molecular weight is 253 g/mol. The minimum Gasteiger partial charge on any atom is -0.350 e. The minimum absolute atomic E-state index is 0.651. The van der Waals surface area contributed by atoms with E-state index < -0.39 is 46.6 Å². The van der Waals surface area contributed by atoms with Crippen LogP contribution in [-0.2, 0) is 4.79 Å². The minimum atomic E-state index is -2.22. The zero-order chi connectivity index (χ0) is 13.3. The van der Waals surface area contributed by atoms with Gasteiger partial charge in [-0.2, -0.15) is 0 Å². The van der Waals surface area contributed by atoms with Crippen molar-refractivity contribution in [2.24, 2.45) is 0 Å². The average Bonchev–Trinajstić information content (AvgIpc) is 2.23. The summed E-state index contributed by atoms with van der Waals surface area (Å²) < 4.78 is 64.8. The number of nitrogens with one attached hydrogen (secondary N) is 1. The molecule has 0 aromatic heterocycles. The monoisotopic (exact) mass is 253 g/mol. The number of hydrogen-bond acceptors (Lipinski definition) is 1. The number of carbonyl (C=O) groups is 1. The van der Waals surface area contributed by atoms with Gasteiger partial charge in [-0.25, -0.2) is 22.0 Å². The maximum atomic E-state index is 13.2. The summed E-state index contributed by atoms with van der Waals surface area (Å²) in [5.41, 5.74) is -1.06. The van der Waals surface area contributed by atoms with Gasteiger partial charge in [0.2, 0.25) is 11.7 Å². The van der Waals surface area contributed by atoms with Crippen molar-refractivity contribution in [1.29, 1.82) is 0 Å². The van der Waals surface area contributed by atoms with Crippen LogP contribution in [0.4, 0.5) is 22.0 Å². The van der Waals surface area contributed by atoms with E-state index in [-0.39, 0.29) is 0 Å². The summed E-state index contributed by atoms with van der Waals surface area (Å²) >= 11 is 0. The second kappa shape index (κ2) is 4.68. The predicted octanol–water partition coefficient (Wildman–Crippen LogP) is 2.58. The van der Waals surface area contributed by atoms with E-state index in [0.717, 1.165) is 13.8 Å². The fourth-order valence-electron chi connectivity index (χ4n) is 1.38. The molecule has 1 atom stereocenters. The Hall–Kier alpha value is -1.66. The molecule has 1 aromatic rings. The van der Waals surface area contributed by atoms with Crippen molar-refractivity contribution in [1.82, 2.24) is 5.32 Å². The first kappa shape index (κ1) is 13.4. The van der Waals surface area contributed by atoms with Crippen LogP contribution in [0.1, 0.15) is 25.5 Å². The highest BCUT2D eigenvalue weighted by Crippen LogP contribution is 2.27. The molecular weight excluding hydrogens is 245 g/mol. The molecule has 0 radical (unpaired) electrons. The van der Waals surface area contributed by atoms with E-state index in [4.69, 9.17) is 0 Å². The molecule has 1 rings (SSSR count). The van der Waals surface area contributed by atoms with Gasteiger partial charge < -0.3 is 5.32 Å². The van der Waals surface area contributed by atoms with Crippen molar-refractivity contribution in [3.8, 4) is 0 Å². The number of carbonyl (C=O) groups excluding carboxylic acids is 1. The van der Waals surface area contributed by atoms with Crippen LogP contribution >= 0.6 is 0 Å². The maximum Gasteiger partial charge on any atom is 0.217 e. The lowest BCUT2D eigenvalue weighted by Crippen LogP contribution is -2.26. The van der Waals surface area contributed by atoms with Crippen LogP contribution < -0.4 is 5.32 Å². The molecule has 0 aliphatic carbocycles. The summed E-state index contributed by atoms with van der Waals surface area (Å²) in [5, 5.41) is 2.04. The first-order valence-electron chi connectivity index (χ1n) is 4.55. The van der Waals surface area contributed by atoms with Crippen molar-refractivity contribution >= 4 is 5.91 Å². The van der Waals surface area contributed by atoms with Gasteiger partial charge in [-0.1, -0.05) is 0 Å². The fourth-order valence-corrected chi connectivity index (χ4v) is 1.38. The topological polar surface area (TPSA) is 29.1 Å². The highest BCUT2D eigenvalue weighted by molar-refractivity contribution is 5.73. The lowest BCUT2D eigenvalue weighted by Gasteiger charge is -2.15. The van der Waals surface area contributed by atoms with Gasteiger partial charge in [0.15, 0.2) is 23.3 Å². The molecule has 1 N–H and O–H groups in total. The summed E-state index contributed by atoms with van der Waals surface area (Å²) in [6, 6.07) is -1.32. The van der Waals surface area contributed by atoms with E-state index in [1.807, 2.05) is 5.32 Å². The van der Waals surface area contributed by atoms with Gasteiger partial charge in [0.1, 0.15) is 0 Å². The highest BCUT2D eigenvalue weighted by Gasteiger charge is 2.28. The Labute approximate surface area is 93.4 Å². The van der Waals surface area contributed by atoms with Gasteiger partial charge in [0, 0.05) is 6.92 Å². The van der Waals surface area contributed by atoms with Gasteiger partial charge in [0.25, 0.3) is 0 Å². The van der Waals surface area contributed by atoms with Crippen LogP contribution in [0.5, 0.6) is 0 Å². The van der Waals surface area contributed by atoms with E-state index in [1.165, 1.54) is 0 Å². The van der Waals surface area contributed by atoms with Crippen LogP contribution in [0.3, 0.4) is 0 Å². The van der Waals surface area contributed by atoms with Crippen LogP contribution in [0.2, 0.25) is 0 Å². The number of benzene rings is 1. The van der Waals surface area contributed by atoms with Gasteiger partial charge in [-0.3, -0.25) is 4.79 Å². The molecule has 0 aliphatic rings. The third kappa shape index (κ3) is 2.37. The number of rotatable bonds is 2. The molecule has 0 saturated heterocycles. The van der Waals surface area contributed by atoms with Crippen molar-refractivity contribution in [3.05, 3.63) is 34.6 Å². The number of halogens is 5. The Kier molecular flexibility index (Phi) is 3.69. The standard InChI is InChI=1S/C10H8F5NO/c1-3(16-4(2)17)5-6(11)8(13)10(15)9(14)7(5)12/h3H,1-2H3,(H,16,17). The third-order valence-electron chi connectivity index (χ3n) is 2.10. The second-order valence-corrected chi connectivity index (χ2v) is 3.41. The van der Waals surface area contributed by atoms with E-state index in [1.54, 1.807) is 0 Å². The Morgan fingerprint density at radius 3 is 1.65 bits per heavy atom. The highest BCUT2D eigenvalue weighted by atomic mass is 19.2. The fraction of sp³-hybridized carbons (Fsp3) is 0.300. The zero-order valence-corrected chi connectivity index (χ0v) is 8.88. The predicted molar refractivity (Wildman–Crippen MR) is 48.5 cm³/mol. The van der Waals surface area contributed by atoms with E-state index in [2.05, 4.69) is 0 Å². The molecule has 2 nitrogen and oxygen atoms in total. The number of hydrogen-bond donors (Lipinski definition) is 1. The first-order chi connectivity index (χ1) is 7.77. The summed E-state index contributed by atoms with van der Waals surface area (Å²) in [4.78, 5) is 10.7. The van der Waals surface area contributed by atoms with E-state index in [0.29, 0.717) is 0 Å².